The number of amides is 2. The molecule has 0 atom stereocenters. The van der Waals surface area contributed by atoms with E-state index in [0.717, 1.165) is 6.07 Å². The first kappa shape index (κ1) is 24.3. The number of nitrogens with zero attached hydrogens (tertiary/aromatic N) is 1. The van der Waals surface area contributed by atoms with Crippen molar-refractivity contribution in [2.45, 2.75) is 19.8 Å². The molecule has 0 saturated carbocycles. The summed E-state index contributed by atoms with van der Waals surface area (Å²) in [6, 6.07) is 6.66. The molecule has 168 valence electrons. The van der Waals surface area contributed by atoms with Crippen LogP contribution < -0.4 is 15.4 Å². The second kappa shape index (κ2) is 11.5. The summed E-state index contributed by atoms with van der Waals surface area (Å²) in [5.41, 5.74) is 0.124. The zero-order valence-electron chi connectivity index (χ0n) is 17.1. The molecule has 0 radical (unpaired) electrons. The summed E-state index contributed by atoms with van der Waals surface area (Å²) < 4.78 is 45.3. The molecule has 0 unspecified atom stereocenters. The third kappa shape index (κ3) is 6.78. The van der Waals surface area contributed by atoms with Gasteiger partial charge in [0.1, 0.15) is 5.75 Å². The van der Waals surface area contributed by atoms with Gasteiger partial charge >= 0.3 is 0 Å². The zero-order chi connectivity index (χ0) is 23.0. The fraction of sp³-hybridized carbons (Fsp3) is 0.333. The molecule has 10 heteroatoms. The fourth-order valence-corrected chi connectivity index (χ4v) is 3.00. The van der Waals surface area contributed by atoms with Crippen LogP contribution in [0.4, 0.5) is 24.5 Å². The molecular formula is C21H23ClF3N3O3. The first-order valence-electron chi connectivity index (χ1n) is 9.55. The van der Waals surface area contributed by atoms with Gasteiger partial charge in [0.15, 0.2) is 17.5 Å². The molecule has 2 rings (SSSR count). The highest BCUT2D eigenvalue weighted by molar-refractivity contribution is 6.30. The summed E-state index contributed by atoms with van der Waals surface area (Å²) in [6.45, 7) is 2.04. The Morgan fingerprint density at radius 1 is 1.10 bits per heavy atom. The molecule has 0 bridgehead atoms. The number of benzene rings is 2. The van der Waals surface area contributed by atoms with E-state index in [-0.39, 0.29) is 25.4 Å². The first-order valence-corrected chi connectivity index (χ1v) is 9.93. The SMILES string of the molecule is CCCN(CC(=O)Nc1ccc(F)c(F)c1F)C(=O)CCNc1cc(Cl)ccc1OC. The van der Waals surface area contributed by atoms with E-state index in [1.54, 1.807) is 18.2 Å². The molecule has 0 heterocycles. The monoisotopic (exact) mass is 457 g/mol. The van der Waals surface area contributed by atoms with Gasteiger partial charge in [0, 0.05) is 24.5 Å². The number of ether oxygens (including phenoxy) is 1. The predicted octanol–water partition coefficient (Wildman–Crippen LogP) is 4.45. The minimum absolute atomic E-state index is 0.0719. The van der Waals surface area contributed by atoms with Gasteiger partial charge in [-0.15, -0.1) is 0 Å². The quantitative estimate of drug-likeness (QED) is 0.517. The summed E-state index contributed by atoms with van der Waals surface area (Å²) in [7, 11) is 1.51. The van der Waals surface area contributed by atoms with Crippen LogP contribution in [0.25, 0.3) is 0 Å². The largest absolute Gasteiger partial charge is 0.495 e. The van der Waals surface area contributed by atoms with Crippen LogP contribution in [0.1, 0.15) is 19.8 Å². The number of methoxy groups -OCH3 is 1. The van der Waals surface area contributed by atoms with E-state index < -0.39 is 29.0 Å². The van der Waals surface area contributed by atoms with E-state index in [2.05, 4.69) is 10.6 Å². The number of rotatable bonds is 10. The van der Waals surface area contributed by atoms with Crippen molar-refractivity contribution in [2.75, 3.05) is 37.4 Å². The summed E-state index contributed by atoms with van der Waals surface area (Å²) in [6.07, 6.45) is 0.663. The number of hydrogen-bond donors (Lipinski definition) is 2. The molecule has 2 aromatic carbocycles. The summed E-state index contributed by atoms with van der Waals surface area (Å²) in [4.78, 5) is 26.1. The third-order valence-electron chi connectivity index (χ3n) is 4.31. The van der Waals surface area contributed by atoms with E-state index in [0.29, 0.717) is 35.5 Å². The van der Waals surface area contributed by atoms with Crippen LogP contribution in [-0.4, -0.2) is 43.5 Å². The number of carbonyl (C=O) groups is 2. The summed E-state index contributed by atoms with van der Waals surface area (Å²) in [5.74, 6) is -5.01. The average molecular weight is 458 g/mol. The van der Waals surface area contributed by atoms with Crippen LogP contribution in [-0.2, 0) is 9.59 Å². The second-order valence-electron chi connectivity index (χ2n) is 6.61. The summed E-state index contributed by atoms with van der Waals surface area (Å²) in [5, 5.41) is 5.73. The first-order chi connectivity index (χ1) is 14.8. The van der Waals surface area contributed by atoms with E-state index in [9.17, 15) is 22.8 Å². The number of carbonyl (C=O) groups excluding carboxylic acids is 2. The Bertz CT molecular complexity index is 944. The zero-order valence-corrected chi connectivity index (χ0v) is 17.9. The van der Waals surface area contributed by atoms with Crippen molar-refractivity contribution in [3.63, 3.8) is 0 Å². The van der Waals surface area contributed by atoms with Crippen molar-refractivity contribution in [1.29, 1.82) is 0 Å². The van der Waals surface area contributed by atoms with Crippen LogP contribution >= 0.6 is 11.6 Å². The summed E-state index contributed by atoms with van der Waals surface area (Å²) >= 11 is 5.97. The molecule has 0 saturated heterocycles. The fourth-order valence-electron chi connectivity index (χ4n) is 2.83. The van der Waals surface area contributed by atoms with E-state index in [1.165, 1.54) is 12.0 Å². The molecule has 0 aliphatic heterocycles. The number of anilines is 2. The van der Waals surface area contributed by atoms with Crippen LogP contribution in [0, 0.1) is 17.5 Å². The van der Waals surface area contributed by atoms with Crippen molar-refractivity contribution < 1.29 is 27.5 Å². The van der Waals surface area contributed by atoms with Crippen molar-refractivity contribution in [3.05, 3.63) is 52.8 Å². The van der Waals surface area contributed by atoms with Crippen LogP contribution in [0.3, 0.4) is 0 Å². The van der Waals surface area contributed by atoms with Crippen molar-refractivity contribution in [2.24, 2.45) is 0 Å². The van der Waals surface area contributed by atoms with Crippen LogP contribution in [0.15, 0.2) is 30.3 Å². The standard InChI is InChI=1S/C21H23ClF3N3O3/c1-3-10-28(12-18(29)27-15-6-5-14(23)20(24)21(15)25)19(30)8-9-26-16-11-13(22)4-7-17(16)31-2/h4-7,11,26H,3,8-10,12H2,1-2H3,(H,27,29). The Hall–Kier alpha value is -2.94. The van der Waals surface area contributed by atoms with Gasteiger partial charge in [-0.3, -0.25) is 9.59 Å². The lowest BCUT2D eigenvalue weighted by atomic mass is 10.2. The van der Waals surface area contributed by atoms with Gasteiger partial charge in [-0.1, -0.05) is 18.5 Å². The maximum Gasteiger partial charge on any atom is 0.244 e. The van der Waals surface area contributed by atoms with Gasteiger partial charge in [-0.2, -0.15) is 0 Å². The van der Waals surface area contributed by atoms with E-state index >= 15 is 0 Å². The van der Waals surface area contributed by atoms with Gasteiger partial charge in [0.05, 0.1) is 25.0 Å². The lowest BCUT2D eigenvalue weighted by molar-refractivity contribution is -0.134. The molecule has 2 amide bonds. The molecule has 0 aliphatic rings. The maximum atomic E-state index is 13.7. The molecule has 31 heavy (non-hydrogen) atoms. The molecule has 2 N–H and O–H groups in total. The van der Waals surface area contributed by atoms with Gasteiger partial charge < -0.3 is 20.3 Å². The van der Waals surface area contributed by atoms with Gasteiger partial charge in [0.2, 0.25) is 11.8 Å². The van der Waals surface area contributed by atoms with Gasteiger partial charge in [-0.05, 0) is 36.8 Å². The van der Waals surface area contributed by atoms with E-state index in [1.807, 2.05) is 6.92 Å². The molecular weight excluding hydrogens is 435 g/mol. The minimum Gasteiger partial charge on any atom is -0.495 e. The minimum atomic E-state index is -1.68. The average Bonchev–Trinajstić information content (AvgIpc) is 2.74. The highest BCUT2D eigenvalue weighted by Gasteiger charge is 2.19. The van der Waals surface area contributed by atoms with Gasteiger partial charge in [-0.25, -0.2) is 13.2 Å². The molecule has 6 nitrogen and oxygen atoms in total. The molecule has 2 aromatic rings. The Kier molecular flexibility index (Phi) is 8.99. The Morgan fingerprint density at radius 2 is 1.84 bits per heavy atom. The predicted molar refractivity (Wildman–Crippen MR) is 113 cm³/mol. The molecule has 0 aliphatic carbocycles. The van der Waals surface area contributed by atoms with E-state index in [4.69, 9.17) is 16.3 Å². The molecule has 0 aromatic heterocycles. The highest BCUT2D eigenvalue weighted by Crippen LogP contribution is 2.27. The lowest BCUT2D eigenvalue weighted by Gasteiger charge is -2.22. The Morgan fingerprint density at radius 3 is 2.52 bits per heavy atom. The number of hydrogen-bond acceptors (Lipinski definition) is 4. The Balaban J connectivity index is 1.95. The normalized spacial score (nSPS) is 10.5. The van der Waals surface area contributed by atoms with Crippen LogP contribution in [0.5, 0.6) is 5.75 Å². The topological polar surface area (TPSA) is 70.7 Å². The maximum absolute atomic E-state index is 13.7. The van der Waals surface area contributed by atoms with Gasteiger partial charge in [0.25, 0.3) is 0 Å². The Labute approximate surface area is 183 Å². The van der Waals surface area contributed by atoms with Crippen molar-refractivity contribution in [1.82, 2.24) is 4.90 Å². The third-order valence-corrected chi connectivity index (χ3v) is 4.54. The smallest absolute Gasteiger partial charge is 0.244 e. The molecule has 0 spiro atoms. The van der Waals surface area contributed by atoms with Crippen molar-refractivity contribution in [3.8, 4) is 5.75 Å². The lowest BCUT2D eigenvalue weighted by Crippen LogP contribution is -2.39. The number of halogens is 4. The number of nitrogens with one attached hydrogen (secondary N) is 2. The van der Waals surface area contributed by atoms with Crippen molar-refractivity contribution >= 4 is 34.8 Å². The highest BCUT2D eigenvalue weighted by atomic mass is 35.5. The van der Waals surface area contributed by atoms with Crippen LogP contribution in [0.2, 0.25) is 5.02 Å². The second-order valence-corrected chi connectivity index (χ2v) is 7.04. The molecule has 0 fully saturated rings.